The van der Waals surface area contributed by atoms with Crippen molar-refractivity contribution in [2.75, 3.05) is 13.1 Å². The molecule has 3 heterocycles. The topological polar surface area (TPSA) is 71.3 Å². The smallest absolute Gasteiger partial charge is 0.227 e. The van der Waals surface area contributed by atoms with Gasteiger partial charge in [-0.25, -0.2) is 0 Å². The first-order valence-electron chi connectivity index (χ1n) is 8.97. The molecule has 134 valence electrons. The van der Waals surface area contributed by atoms with Crippen LogP contribution in [0, 0.1) is 12.3 Å². The van der Waals surface area contributed by atoms with Gasteiger partial charge in [0.2, 0.25) is 11.8 Å². The van der Waals surface area contributed by atoms with Crippen LogP contribution in [0.3, 0.4) is 0 Å². The van der Waals surface area contributed by atoms with Crippen LogP contribution in [-0.4, -0.2) is 40.1 Å². The van der Waals surface area contributed by atoms with Crippen molar-refractivity contribution in [1.29, 1.82) is 0 Å². The second-order valence-electron chi connectivity index (χ2n) is 7.22. The second-order valence-corrected chi connectivity index (χ2v) is 8.00. The lowest BCUT2D eigenvalue weighted by molar-refractivity contribution is -0.133. The first-order chi connectivity index (χ1) is 12.2. The van der Waals surface area contributed by atoms with E-state index >= 15 is 0 Å². The molecular formula is C18H24N4O2S. The predicted molar refractivity (Wildman–Crippen MR) is 95.2 cm³/mol. The third kappa shape index (κ3) is 3.62. The summed E-state index contributed by atoms with van der Waals surface area (Å²) in [6, 6.07) is 2.50. The molecule has 25 heavy (non-hydrogen) atoms. The molecule has 2 aromatic heterocycles. The van der Waals surface area contributed by atoms with Gasteiger partial charge in [-0.3, -0.25) is 4.79 Å². The van der Waals surface area contributed by atoms with E-state index in [-0.39, 0.29) is 5.91 Å². The van der Waals surface area contributed by atoms with Crippen molar-refractivity contribution in [2.24, 2.45) is 5.41 Å². The molecule has 1 aliphatic carbocycles. The molecular weight excluding hydrogens is 336 g/mol. The fraction of sp³-hybridized carbons (Fsp3) is 0.611. The number of carbonyl (C=O) groups is 1. The van der Waals surface area contributed by atoms with Gasteiger partial charge in [0, 0.05) is 25.4 Å². The summed E-state index contributed by atoms with van der Waals surface area (Å²) in [5.74, 6) is 1.37. The molecule has 1 atom stereocenters. The molecule has 0 unspecified atom stereocenters. The quantitative estimate of drug-likeness (QED) is 0.857. The number of amides is 1. The van der Waals surface area contributed by atoms with E-state index in [2.05, 4.69) is 37.2 Å². The molecule has 1 amide bonds. The van der Waals surface area contributed by atoms with Crippen molar-refractivity contribution in [3.05, 3.63) is 34.1 Å². The minimum absolute atomic E-state index is 0.197. The van der Waals surface area contributed by atoms with Crippen LogP contribution in [0.5, 0.6) is 0 Å². The Hall–Kier alpha value is -1.73. The summed E-state index contributed by atoms with van der Waals surface area (Å²) in [5.41, 5.74) is 1.57. The molecule has 1 saturated carbocycles. The number of aromatic nitrogens is 2. The Morgan fingerprint density at radius 2 is 2.32 bits per heavy atom. The highest BCUT2D eigenvalue weighted by Gasteiger charge is 2.57. The summed E-state index contributed by atoms with van der Waals surface area (Å²) in [6.07, 6.45) is 4.43. The number of hydrogen-bond donors (Lipinski definition) is 1. The molecule has 2 aliphatic rings. The normalized spacial score (nSPS) is 21.4. The van der Waals surface area contributed by atoms with Crippen LogP contribution < -0.4 is 5.32 Å². The van der Waals surface area contributed by atoms with Crippen molar-refractivity contribution < 1.29 is 9.32 Å². The van der Waals surface area contributed by atoms with E-state index in [1.165, 1.54) is 18.4 Å². The van der Waals surface area contributed by atoms with Crippen molar-refractivity contribution in [1.82, 2.24) is 20.4 Å². The van der Waals surface area contributed by atoms with Crippen molar-refractivity contribution >= 4 is 17.2 Å². The Morgan fingerprint density at radius 1 is 1.48 bits per heavy atom. The predicted octanol–water partition coefficient (Wildman–Crippen LogP) is 2.54. The number of thiophene rings is 1. The highest BCUT2D eigenvalue weighted by Crippen LogP contribution is 2.56. The van der Waals surface area contributed by atoms with Gasteiger partial charge in [-0.05, 0) is 67.1 Å². The molecule has 1 saturated heterocycles. The molecule has 0 radical (unpaired) electrons. The minimum atomic E-state index is 0.197. The maximum absolute atomic E-state index is 13.0. The maximum atomic E-state index is 13.0. The first-order valence-corrected chi connectivity index (χ1v) is 9.91. The largest absolute Gasteiger partial charge is 0.339 e. The second kappa shape index (κ2) is 6.88. The zero-order chi connectivity index (χ0) is 17.3. The van der Waals surface area contributed by atoms with Gasteiger partial charge in [-0.15, -0.1) is 0 Å². The maximum Gasteiger partial charge on any atom is 0.227 e. The fourth-order valence-electron chi connectivity index (χ4n) is 3.98. The van der Waals surface area contributed by atoms with Gasteiger partial charge in [-0.2, -0.15) is 16.3 Å². The van der Waals surface area contributed by atoms with Gasteiger partial charge >= 0.3 is 0 Å². The van der Waals surface area contributed by atoms with Crippen LogP contribution >= 0.6 is 11.3 Å². The standard InChI is InChI=1S/C18H24N4O2S/c1-13-20-16(24-21-13)2-3-17(23)22(11-14-4-9-25-12-14)15-10-18(15)5-7-19-8-6-18/h4,9,12,15,19H,2-3,5-8,10-11H2,1H3/t15-/m1/s1. The van der Waals surface area contributed by atoms with E-state index in [1.54, 1.807) is 18.3 Å². The molecule has 0 bridgehead atoms. The van der Waals surface area contributed by atoms with Crippen molar-refractivity contribution in [2.45, 2.75) is 51.6 Å². The van der Waals surface area contributed by atoms with Crippen LogP contribution in [0.2, 0.25) is 0 Å². The van der Waals surface area contributed by atoms with E-state index in [9.17, 15) is 4.79 Å². The summed E-state index contributed by atoms with van der Waals surface area (Å²) >= 11 is 1.68. The Kier molecular flexibility index (Phi) is 4.60. The number of piperidine rings is 1. The fourth-order valence-corrected chi connectivity index (χ4v) is 4.64. The monoisotopic (exact) mass is 360 g/mol. The number of carbonyl (C=O) groups excluding carboxylic acids is 1. The molecule has 0 aromatic carbocycles. The average Bonchev–Trinajstić information content (AvgIpc) is 2.99. The van der Waals surface area contributed by atoms with E-state index < -0.39 is 0 Å². The van der Waals surface area contributed by atoms with Crippen LogP contribution in [0.4, 0.5) is 0 Å². The van der Waals surface area contributed by atoms with Gasteiger partial charge in [-0.1, -0.05) is 5.16 Å². The van der Waals surface area contributed by atoms with E-state index in [4.69, 9.17) is 4.52 Å². The molecule has 6 nitrogen and oxygen atoms in total. The van der Waals surface area contributed by atoms with E-state index in [0.717, 1.165) is 19.5 Å². The van der Waals surface area contributed by atoms with Crippen LogP contribution in [-0.2, 0) is 17.8 Å². The van der Waals surface area contributed by atoms with E-state index in [1.807, 2.05) is 0 Å². The number of aryl methyl sites for hydroxylation is 2. The Bertz CT molecular complexity index is 721. The lowest BCUT2D eigenvalue weighted by Crippen LogP contribution is -2.39. The lowest BCUT2D eigenvalue weighted by atomic mass is 9.93. The molecule has 1 N–H and O–H groups in total. The minimum Gasteiger partial charge on any atom is -0.339 e. The van der Waals surface area contributed by atoms with E-state index in [0.29, 0.717) is 42.6 Å². The summed E-state index contributed by atoms with van der Waals surface area (Å²) in [6.45, 7) is 4.64. The van der Waals surface area contributed by atoms with Gasteiger partial charge in [0.1, 0.15) is 0 Å². The summed E-state index contributed by atoms with van der Waals surface area (Å²) in [4.78, 5) is 19.3. The average molecular weight is 360 g/mol. The third-order valence-corrected chi connectivity index (χ3v) is 6.23. The first kappa shape index (κ1) is 16.7. The lowest BCUT2D eigenvalue weighted by Gasteiger charge is -2.29. The summed E-state index contributed by atoms with van der Waals surface area (Å²) in [5, 5.41) is 11.4. The highest BCUT2D eigenvalue weighted by atomic mass is 32.1. The zero-order valence-electron chi connectivity index (χ0n) is 14.5. The zero-order valence-corrected chi connectivity index (χ0v) is 15.3. The number of nitrogens with one attached hydrogen (secondary N) is 1. The van der Waals surface area contributed by atoms with Crippen LogP contribution in [0.15, 0.2) is 21.3 Å². The van der Waals surface area contributed by atoms with Gasteiger partial charge < -0.3 is 14.7 Å². The van der Waals surface area contributed by atoms with Crippen molar-refractivity contribution in [3.63, 3.8) is 0 Å². The molecule has 7 heteroatoms. The summed E-state index contributed by atoms with van der Waals surface area (Å²) < 4.78 is 5.15. The van der Waals surface area contributed by atoms with Crippen LogP contribution in [0.1, 0.15) is 43.0 Å². The SMILES string of the molecule is Cc1noc(CCC(=O)N(Cc2ccsc2)[C@@H]2CC23CCNCC3)n1. The number of rotatable bonds is 6. The van der Waals surface area contributed by atoms with Crippen LogP contribution in [0.25, 0.3) is 0 Å². The molecule has 1 spiro atoms. The Labute approximate surface area is 151 Å². The molecule has 2 fully saturated rings. The molecule has 1 aliphatic heterocycles. The highest BCUT2D eigenvalue weighted by molar-refractivity contribution is 7.07. The van der Waals surface area contributed by atoms with Gasteiger partial charge in [0.15, 0.2) is 5.82 Å². The molecule has 2 aromatic rings. The molecule has 4 rings (SSSR count). The number of nitrogens with zero attached hydrogens (tertiary/aromatic N) is 3. The Morgan fingerprint density at radius 3 is 3.00 bits per heavy atom. The Balaban J connectivity index is 1.44. The van der Waals surface area contributed by atoms with Crippen molar-refractivity contribution in [3.8, 4) is 0 Å². The number of hydrogen-bond acceptors (Lipinski definition) is 6. The summed E-state index contributed by atoms with van der Waals surface area (Å²) in [7, 11) is 0. The van der Waals surface area contributed by atoms with Gasteiger partial charge in [0.05, 0.1) is 0 Å². The van der Waals surface area contributed by atoms with Gasteiger partial charge in [0.25, 0.3) is 0 Å². The third-order valence-electron chi connectivity index (χ3n) is 5.50.